The molecule has 37 heavy (non-hydrogen) atoms. The third-order valence-corrected chi connectivity index (χ3v) is 7.91. The number of halogens is 1. The van der Waals surface area contributed by atoms with E-state index in [2.05, 4.69) is 17.4 Å². The summed E-state index contributed by atoms with van der Waals surface area (Å²) in [6, 6.07) is 8.09. The van der Waals surface area contributed by atoms with Gasteiger partial charge in [0.2, 0.25) is 0 Å². The van der Waals surface area contributed by atoms with Crippen molar-refractivity contribution in [2.75, 3.05) is 44.8 Å². The van der Waals surface area contributed by atoms with E-state index in [0.717, 1.165) is 75.0 Å². The molecular formula is C29H38FN3O4. The minimum atomic E-state index is -0.938. The number of rotatable bonds is 10. The van der Waals surface area contributed by atoms with Crippen molar-refractivity contribution in [2.24, 2.45) is 0 Å². The maximum atomic E-state index is 14.3. The van der Waals surface area contributed by atoms with Crippen LogP contribution in [0, 0.1) is 5.82 Å². The van der Waals surface area contributed by atoms with E-state index >= 15 is 0 Å². The molecule has 3 aliphatic heterocycles. The van der Waals surface area contributed by atoms with Gasteiger partial charge < -0.3 is 19.9 Å². The first-order valence-electron chi connectivity index (χ1n) is 13.8. The smallest absolute Gasteiger partial charge is 0.325 e. The molecule has 2 saturated heterocycles. The molecule has 0 radical (unpaired) electrons. The Labute approximate surface area is 218 Å². The first-order chi connectivity index (χ1) is 18.1. The Balaban J connectivity index is 1.13. The minimum Gasteiger partial charge on any atom is -0.480 e. The molecule has 8 heteroatoms. The van der Waals surface area contributed by atoms with Crippen molar-refractivity contribution in [3.8, 4) is 0 Å². The van der Waals surface area contributed by atoms with Crippen LogP contribution >= 0.6 is 0 Å². The summed E-state index contributed by atoms with van der Waals surface area (Å²) in [5, 5.41) is 13.6. The van der Waals surface area contributed by atoms with Gasteiger partial charge in [0.15, 0.2) is 0 Å². The molecule has 0 spiro atoms. The third-order valence-electron chi connectivity index (χ3n) is 7.91. The molecule has 1 aromatic carbocycles. The third kappa shape index (κ3) is 6.48. The van der Waals surface area contributed by atoms with Crippen LogP contribution in [0.4, 0.5) is 10.2 Å². The first kappa shape index (κ1) is 26.1. The average Bonchev–Trinajstić information content (AvgIpc) is 3.37. The SMILES string of the molecule is O=C(O)C(c1cc(F)ccc1C1CCOCC1)N1CC[C@@H](OCCCCc2ccc3c(n2)NCCC3)C1. The first-order valence-corrected chi connectivity index (χ1v) is 13.8. The zero-order valence-corrected chi connectivity index (χ0v) is 21.5. The van der Waals surface area contributed by atoms with Gasteiger partial charge in [-0.05, 0) is 92.2 Å². The number of aliphatic carboxylic acids is 1. The van der Waals surface area contributed by atoms with Crippen molar-refractivity contribution in [1.29, 1.82) is 0 Å². The highest BCUT2D eigenvalue weighted by Crippen LogP contribution is 2.36. The predicted molar refractivity (Wildman–Crippen MR) is 139 cm³/mol. The molecule has 2 fully saturated rings. The average molecular weight is 512 g/mol. The number of carboxylic acids is 1. The van der Waals surface area contributed by atoms with E-state index in [-0.39, 0.29) is 12.0 Å². The fourth-order valence-corrected chi connectivity index (χ4v) is 5.94. The molecular weight excluding hydrogens is 473 g/mol. The van der Waals surface area contributed by atoms with Crippen molar-refractivity contribution in [3.05, 3.63) is 58.5 Å². The fraction of sp³-hybridized carbons (Fsp3) is 0.586. The number of fused-ring (bicyclic) bond motifs is 1. The number of aromatic nitrogens is 1. The number of hydrogen-bond acceptors (Lipinski definition) is 6. The Bertz CT molecular complexity index is 1080. The van der Waals surface area contributed by atoms with Crippen LogP contribution in [0.3, 0.4) is 0 Å². The molecule has 200 valence electrons. The van der Waals surface area contributed by atoms with Gasteiger partial charge in [0.25, 0.3) is 0 Å². The standard InChI is InChI=1S/C29H38FN3O4/c30-22-7-9-25(20-11-16-36-17-12-20)26(18-22)27(29(34)35)33-14-10-24(19-33)37-15-2-1-5-23-8-6-21-4-3-13-31-28(21)32-23/h6-9,18,20,24,27H,1-5,10-17,19H2,(H,31,32)(H,34,35)/t24-,27?/m1/s1. The van der Waals surface area contributed by atoms with Crippen LogP contribution in [0.2, 0.25) is 0 Å². The van der Waals surface area contributed by atoms with Crippen molar-refractivity contribution < 1.29 is 23.8 Å². The number of nitrogens with one attached hydrogen (secondary N) is 1. The Morgan fingerprint density at radius 2 is 2.08 bits per heavy atom. The number of hydrogen-bond donors (Lipinski definition) is 2. The quantitative estimate of drug-likeness (QED) is 0.447. The topological polar surface area (TPSA) is 83.9 Å². The summed E-state index contributed by atoms with van der Waals surface area (Å²) >= 11 is 0. The highest BCUT2D eigenvalue weighted by atomic mass is 19.1. The van der Waals surface area contributed by atoms with Crippen LogP contribution in [-0.2, 0) is 27.1 Å². The summed E-state index contributed by atoms with van der Waals surface area (Å²) in [5.41, 5.74) is 3.93. The van der Waals surface area contributed by atoms with Crippen LogP contribution in [0.5, 0.6) is 0 Å². The summed E-state index contributed by atoms with van der Waals surface area (Å²) in [4.78, 5) is 19.1. The number of likely N-dealkylation sites (tertiary alicyclic amines) is 1. The number of pyridine rings is 1. The van der Waals surface area contributed by atoms with Crippen molar-refractivity contribution >= 4 is 11.8 Å². The number of benzene rings is 1. The molecule has 2 aromatic rings. The van der Waals surface area contributed by atoms with Gasteiger partial charge in [0, 0.05) is 45.1 Å². The number of nitrogens with zero attached hydrogens (tertiary/aromatic N) is 2. The summed E-state index contributed by atoms with van der Waals surface area (Å²) < 4.78 is 25.9. The molecule has 2 N–H and O–H groups in total. The number of carbonyl (C=O) groups is 1. The van der Waals surface area contributed by atoms with Gasteiger partial charge in [-0.3, -0.25) is 9.69 Å². The van der Waals surface area contributed by atoms with E-state index in [4.69, 9.17) is 14.5 Å². The molecule has 1 unspecified atom stereocenters. The Hall–Kier alpha value is -2.55. The van der Waals surface area contributed by atoms with E-state index in [1.165, 1.54) is 17.7 Å². The van der Waals surface area contributed by atoms with Crippen LogP contribution in [0.1, 0.15) is 72.9 Å². The van der Waals surface area contributed by atoms with Crippen LogP contribution in [-0.4, -0.2) is 66.5 Å². The van der Waals surface area contributed by atoms with Gasteiger partial charge in [-0.2, -0.15) is 0 Å². The number of carboxylic acid groups (broad SMARTS) is 1. The Kier molecular flexibility index (Phi) is 8.69. The van der Waals surface area contributed by atoms with Gasteiger partial charge in [-0.25, -0.2) is 9.37 Å². The molecule has 0 amide bonds. The van der Waals surface area contributed by atoms with E-state index in [1.807, 2.05) is 4.90 Å². The molecule has 4 heterocycles. The largest absolute Gasteiger partial charge is 0.480 e. The monoisotopic (exact) mass is 511 g/mol. The van der Waals surface area contributed by atoms with Gasteiger partial charge in [-0.1, -0.05) is 12.1 Å². The number of unbranched alkanes of at least 4 members (excludes halogenated alkanes) is 1. The molecule has 5 rings (SSSR count). The normalized spacial score (nSPS) is 21.4. The number of ether oxygens (including phenoxy) is 2. The van der Waals surface area contributed by atoms with Gasteiger partial charge in [0.1, 0.15) is 17.7 Å². The predicted octanol–water partition coefficient (Wildman–Crippen LogP) is 4.71. The fourth-order valence-electron chi connectivity index (χ4n) is 5.94. The summed E-state index contributed by atoms with van der Waals surface area (Å²) in [5.74, 6) is -0.0987. The molecule has 7 nitrogen and oxygen atoms in total. The molecule has 3 aliphatic rings. The van der Waals surface area contributed by atoms with Crippen LogP contribution in [0.25, 0.3) is 0 Å². The summed E-state index contributed by atoms with van der Waals surface area (Å²) in [7, 11) is 0. The van der Waals surface area contributed by atoms with Crippen molar-refractivity contribution in [1.82, 2.24) is 9.88 Å². The second kappa shape index (κ2) is 12.3. The van der Waals surface area contributed by atoms with Gasteiger partial charge >= 0.3 is 5.97 Å². The van der Waals surface area contributed by atoms with Crippen LogP contribution < -0.4 is 5.32 Å². The zero-order valence-electron chi connectivity index (χ0n) is 21.5. The number of aryl methyl sites for hydroxylation is 2. The van der Waals surface area contributed by atoms with Crippen molar-refractivity contribution in [3.63, 3.8) is 0 Å². The lowest BCUT2D eigenvalue weighted by Gasteiger charge is -2.30. The van der Waals surface area contributed by atoms with E-state index in [1.54, 1.807) is 6.07 Å². The molecule has 0 bridgehead atoms. The highest BCUT2D eigenvalue weighted by Gasteiger charge is 2.36. The zero-order chi connectivity index (χ0) is 25.6. The second-order valence-corrected chi connectivity index (χ2v) is 10.5. The molecule has 0 aliphatic carbocycles. The maximum Gasteiger partial charge on any atom is 0.325 e. The molecule has 0 saturated carbocycles. The molecule has 1 aromatic heterocycles. The Morgan fingerprint density at radius 3 is 2.92 bits per heavy atom. The summed E-state index contributed by atoms with van der Waals surface area (Å²) in [6.45, 7) is 4.11. The van der Waals surface area contributed by atoms with E-state index < -0.39 is 17.8 Å². The molecule has 2 atom stereocenters. The lowest BCUT2D eigenvalue weighted by Crippen LogP contribution is -2.34. The van der Waals surface area contributed by atoms with E-state index in [0.29, 0.717) is 38.5 Å². The summed E-state index contributed by atoms with van der Waals surface area (Å²) in [6.07, 6.45) is 7.54. The Morgan fingerprint density at radius 1 is 1.22 bits per heavy atom. The lowest BCUT2D eigenvalue weighted by atomic mass is 9.85. The highest BCUT2D eigenvalue weighted by molar-refractivity contribution is 5.76. The lowest BCUT2D eigenvalue weighted by molar-refractivity contribution is -0.143. The maximum absolute atomic E-state index is 14.3. The van der Waals surface area contributed by atoms with Gasteiger partial charge in [0.05, 0.1) is 6.10 Å². The number of anilines is 1. The van der Waals surface area contributed by atoms with E-state index in [9.17, 15) is 14.3 Å². The second-order valence-electron chi connectivity index (χ2n) is 10.5. The van der Waals surface area contributed by atoms with Gasteiger partial charge in [-0.15, -0.1) is 0 Å². The minimum absolute atomic E-state index is 0.00647. The van der Waals surface area contributed by atoms with Crippen molar-refractivity contribution in [2.45, 2.75) is 69.4 Å². The van der Waals surface area contributed by atoms with Crippen LogP contribution in [0.15, 0.2) is 30.3 Å².